The number of anilines is 1. The first kappa shape index (κ1) is 15.0. The van der Waals surface area contributed by atoms with Gasteiger partial charge in [-0.2, -0.15) is 5.10 Å². The Morgan fingerprint density at radius 1 is 1.33 bits per heavy atom. The fourth-order valence-corrected chi connectivity index (χ4v) is 1.91. The Morgan fingerprint density at radius 3 is 3.00 bits per heavy atom. The average molecular weight is 288 g/mol. The Hall–Kier alpha value is -2.44. The average Bonchev–Trinajstić information content (AvgIpc) is 3.02. The molecule has 112 valence electrons. The van der Waals surface area contributed by atoms with Gasteiger partial charge < -0.3 is 10.6 Å². The Morgan fingerprint density at radius 2 is 2.24 bits per heavy atom. The molecule has 0 unspecified atom stereocenters. The minimum absolute atomic E-state index is 0.235. The van der Waals surface area contributed by atoms with Gasteiger partial charge in [-0.3, -0.25) is 0 Å². The van der Waals surface area contributed by atoms with Crippen molar-refractivity contribution in [1.82, 2.24) is 25.1 Å². The second-order valence-corrected chi connectivity index (χ2v) is 4.66. The van der Waals surface area contributed by atoms with E-state index in [4.69, 9.17) is 0 Å². The Labute approximate surface area is 123 Å². The lowest BCUT2D eigenvalue weighted by molar-refractivity contribution is 0.252. The minimum Gasteiger partial charge on any atom is -0.338 e. The smallest absolute Gasteiger partial charge is 0.319 e. The summed E-state index contributed by atoms with van der Waals surface area (Å²) < 4.78 is 1.51. The van der Waals surface area contributed by atoms with Gasteiger partial charge in [0.1, 0.15) is 12.7 Å². The molecule has 0 aliphatic rings. The largest absolute Gasteiger partial charge is 0.338 e. The third-order valence-corrected chi connectivity index (χ3v) is 2.99. The van der Waals surface area contributed by atoms with Crippen molar-refractivity contribution in [2.45, 2.75) is 32.6 Å². The molecule has 7 heteroatoms. The van der Waals surface area contributed by atoms with Gasteiger partial charge in [0.05, 0.1) is 5.69 Å². The van der Waals surface area contributed by atoms with E-state index in [9.17, 15) is 4.79 Å². The van der Waals surface area contributed by atoms with Crippen molar-refractivity contribution < 1.29 is 4.79 Å². The molecule has 0 atom stereocenters. The maximum Gasteiger partial charge on any atom is 0.319 e. The van der Waals surface area contributed by atoms with E-state index in [1.165, 1.54) is 30.2 Å². The minimum atomic E-state index is -0.235. The summed E-state index contributed by atoms with van der Waals surface area (Å²) in [5.41, 5.74) is 0.592. The van der Waals surface area contributed by atoms with Gasteiger partial charge >= 0.3 is 6.03 Å². The highest BCUT2D eigenvalue weighted by atomic mass is 16.2. The number of hydrogen-bond acceptors (Lipinski definition) is 4. The second kappa shape index (κ2) is 7.98. The summed E-state index contributed by atoms with van der Waals surface area (Å²) in [5, 5.41) is 9.65. The van der Waals surface area contributed by atoms with E-state index >= 15 is 0 Å². The maximum absolute atomic E-state index is 11.9. The molecule has 0 aliphatic carbocycles. The number of amides is 2. The number of nitrogens with zero attached hydrogens (tertiary/aromatic N) is 4. The summed E-state index contributed by atoms with van der Waals surface area (Å²) in [6.45, 7) is 2.83. The normalized spacial score (nSPS) is 10.3. The first-order valence-corrected chi connectivity index (χ1v) is 7.16. The predicted molar refractivity (Wildman–Crippen MR) is 80.3 cm³/mol. The number of nitrogens with one attached hydrogen (secondary N) is 2. The van der Waals surface area contributed by atoms with Crippen LogP contribution in [0.2, 0.25) is 0 Å². The van der Waals surface area contributed by atoms with Crippen molar-refractivity contribution in [1.29, 1.82) is 0 Å². The highest BCUT2D eigenvalue weighted by molar-refractivity contribution is 5.90. The summed E-state index contributed by atoms with van der Waals surface area (Å²) >= 11 is 0. The molecule has 2 aromatic rings. The van der Waals surface area contributed by atoms with Crippen LogP contribution < -0.4 is 10.6 Å². The molecule has 2 N–H and O–H groups in total. The summed E-state index contributed by atoms with van der Waals surface area (Å²) in [6, 6.07) is 3.30. The number of aromatic nitrogens is 4. The predicted octanol–water partition coefficient (Wildman–Crippen LogP) is 2.36. The first-order valence-electron chi connectivity index (χ1n) is 7.16. The second-order valence-electron chi connectivity index (χ2n) is 4.66. The molecular formula is C14H20N6O. The van der Waals surface area contributed by atoms with Crippen molar-refractivity contribution in [3.05, 3.63) is 31.0 Å². The van der Waals surface area contributed by atoms with Crippen LogP contribution in [0.1, 0.15) is 32.6 Å². The van der Waals surface area contributed by atoms with E-state index in [0.29, 0.717) is 18.1 Å². The van der Waals surface area contributed by atoms with E-state index in [-0.39, 0.29) is 6.03 Å². The van der Waals surface area contributed by atoms with Crippen LogP contribution in [0.4, 0.5) is 10.5 Å². The lowest BCUT2D eigenvalue weighted by Crippen LogP contribution is -2.30. The topological polar surface area (TPSA) is 84.7 Å². The fraction of sp³-hybridized carbons (Fsp3) is 0.429. The molecule has 7 nitrogen and oxygen atoms in total. The highest BCUT2D eigenvalue weighted by Gasteiger charge is 2.09. The van der Waals surface area contributed by atoms with E-state index in [2.05, 4.69) is 32.6 Å². The van der Waals surface area contributed by atoms with Crippen LogP contribution in [0.5, 0.6) is 0 Å². The number of urea groups is 1. The molecule has 0 aliphatic heterocycles. The Bertz CT molecular complexity index is 554. The van der Waals surface area contributed by atoms with E-state index in [0.717, 1.165) is 12.8 Å². The molecule has 0 aromatic carbocycles. The van der Waals surface area contributed by atoms with Crippen LogP contribution in [-0.4, -0.2) is 32.3 Å². The molecule has 0 saturated carbocycles. The van der Waals surface area contributed by atoms with Crippen molar-refractivity contribution in [2.75, 3.05) is 11.9 Å². The number of carbonyl (C=O) groups excluding carboxylic acids is 1. The van der Waals surface area contributed by atoms with Crippen molar-refractivity contribution in [3.63, 3.8) is 0 Å². The van der Waals surface area contributed by atoms with Crippen LogP contribution in [0, 0.1) is 0 Å². The number of pyridine rings is 1. The van der Waals surface area contributed by atoms with Crippen LogP contribution in [0.25, 0.3) is 5.82 Å². The monoisotopic (exact) mass is 288 g/mol. The van der Waals surface area contributed by atoms with Gasteiger partial charge in [-0.1, -0.05) is 26.2 Å². The molecule has 0 saturated heterocycles. The van der Waals surface area contributed by atoms with Gasteiger partial charge in [0.15, 0.2) is 5.82 Å². The van der Waals surface area contributed by atoms with Gasteiger partial charge in [-0.15, -0.1) is 0 Å². The van der Waals surface area contributed by atoms with Gasteiger partial charge in [0.2, 0.25) is 0 Å². The summed E-state index contributed by atoms with van der Waals surface area (Å²) in [5.74, 6) is 0.538. The highest BCUT2D eigenvalue weighted by Crippen LogP contribution is 2.15. The molecule has 2 rings (SSSR count). The zero-order valence-electron chi connectivity index (χ0n) is 12.1. The first-order chi connectivity index (χ1) is 10.3. The quantitative estimate of drug-likeness (QED) is 0.766. The molecule has 21 heavy (non-hydrogen) atoms. The van der Waals surface area contributed by atoms with Crippen molar-refractivity contribution >= 4 is 11.7 Å². The fourth-order valence-electron chi connectivity index (χ4n) is 1.91. The third kappa shape index (κ3) is 4.55. The Balaban J connectivity index is 1.89. The summed E-state index contributed by atoms with van der Waals surface area (Å²) in [7, 11) is 0. The molecule has 0 bridgehead atoms. The number of unbranched alkanes of at least 4 members (excludes halogenated alkanes) is 3. The molecule has 2 amide bonds. The van der Waals surface area contributed by atoms with E-state index in [1.54, 1.807) is 18.3 Å². The summed E-state index contributed by atoms with van der Waals surface area (Å²) in [4.78, 5) is 20.0. The van der Waals surface area contributed by atoms with E-state index in [1.807, 2.05) is 0 Å². The third-order valence-electron chi connectivity index (χ3n) is 2.99. The summed E-state index contributed by atoms with van der Waals surface area (Å²) in [6.07, 6.45) is 9.11. The van der Waals surface area contributed by atoms with Crippen molar-refractivity contribution in [3.8, 4) is 5.82 Å². The maximum atomic E-state index is 11.9. The van der Waals surface area contributed by atoms with Gasteiger partial charge in [0, 0.05) is 12.7 Å². The van der Waals surface area contributed by atoms with Crippen LogP contribution >= 0.6 is 0 Å². The molecule has 0 radical (unpaired) electrons. The van der Waals surface area contributed by atoms with Crippen LogP contribution in [0.3, 0.4) is 0 Å². The lowest BCUT2D eigenvalue weighted by atomic mass is 10.2. The van der Waals surface area contributed by atoms with E-state index < -0.39 is 0 Å². The zero-order chi connectivity index (χ0) is 14.9. The zero-order valence-corrected chi connectivity index (χ0v) is 12.1. The Kier molecular flexibility index (Phi) is 5.69. The van der Waals surface area contributed by atoms with Gasteiger partial charge in [0.25, 0.3) is 0 Å². The molecule has 0 spiro atoms. The number of hydrogen-bond donors (Lipinski definition) is 2. The van der Waals surface area contributed by atoms with Gasteiger partial charge in [-0.25, -0.2) is 19.4 Å². The molecule has 2 aromatic heterocycles. The van der Waals surface area contributed by atoms with Crippen LogP contribution in [-0.2, 0) is 0 Å². The lowest BCUT2D eigenvalue weighted by Gasteiger charge is -2.10. The van der Waals surface area contributed by atoms with Gasteiger partial charge in [-0.05, 0) is 18.6 Å². The number of rotatable bonds is 7. The SMILES string of the molecule is CCCCCCNC(=O)Nc1cccnc1-n1cncn1. The van der Waals surface area contributed by atoms with Crippen molar-refractivity contribution in [2.24, 2.45) is 0 Å². The van der Waals surface area contributed by atoms with Crippen LogP contribution in [0.15, 0.2) is 31.0 Å². The molecule has 0 fully saturated rings. The standard InChI is InChI=1S/C14H20N6O/c1-2-3-4-5-8-17-14(21)19-12-7-6-9-16-13(12)20-11-15-10-18-20/h6-7,9-11H,2-5,8H2,1H3,(H2,17,19,21). The number of carbonyl (C=O) groups is 1. The molecule has 2 heterocycles. The molecular weight excluding hydrogens is 268 g/mol.